The largest absolute Gasteiger partial charge is 0.422 e. The van der Waals surface area contributed by atoms with Crippen molar-refractivity contribution < 1.29 is 9.22 Å². The Bertz CT molecular complexity index is 247. The van der Waals surface area contributed by atoms with Crippen molar-refractivity contribution in [1.29, 1.82) is 5.26 Å². The van der Waals surface area contributed by atoms with Crippen LogP contribution in [0.25, 0.3) is 5.41 Å². The highest BCUT2D eigenvalue weighted by atomic mass is 16.5. The second-order valence-electron chi connectivity index (χ2n) is 3.71. The van der Waals surface area contributed by atoms with E-state index >= 15 is 0 Å². The summed E-state index contributed by atoms with van der Waals surface area (Å²) in [5, 5.41) is 14.9. The Balaban J connectivity index is 0.000000336. The highest BCUT2D eigenvalue weighted by molar-refractivity contribution is 5.46. The molecule has 1 rings (SSSR count). The van der Waals surface area contributed by atoms with Crippen LogP contribution < -0.4 is 0 Å². The zero-order valence-corrected chi connectivity index (χ0v) is 9.44. The van der Waals surface area contributed by atoms with Crippen molar-refractivity contribution in [3.05, 3.63) is 5.41 Å². The lowest BCUT2D eigenvalue weighted by Gasteiger charge is -2.27. The highest BCUT2D eigenvalue weighted by Crippen LogP contribution is 2.15. The van der Waals surface area contributed by atoms with Crippen LogP contribution in [0.15, 0.2) is 4.99 Å². The molecule has 15 heavy (non-hydrogen) atoms. The van der Waals surface area contributed by atoms with E-state index in [4.69, 9.17) is 15.4 Å². The summed E-state index contributed by atoms with van der Waals surface area (Å²) in [5.41, 5.74) is 0. The van der Waals surface area contributed by atoms with Crippen molar-refractivity contribution in [3.63, 3.8) is 0 Å². The van der Waals surface area contributed by atoms with Gasteiger partial charge in [0.05, 0.1) is 26.3 Å². The van der Waals surface area contributed by atoms with E-state index in [1.807, 2.05) is 0 Å². The molecule has 0 aromatic rings. The van der Waals surface area contributed by atoms with Gasteiger partial charge >= 0.3 is 0 Å². The molecule has 0 aromatic heterocycles. The van der Waals surface area contributed by atoms with Crippen molar-refractivity contribution in [2.45, 2.75) is 19.8 Å². The molecule has 0 amide bonds. The Morgan fingerprint density at radius 3 is 2.40 bits per heavy atom. The summed E-state index contributed by atoms with van der Waals surface area (Å²) in [6.07, 6.45) is 4.04. The fraction of sp³-hybridized carbons (Fsp3) is 0.800. The van der Waals surface area contributed by atoms with Crippen molar-refractivity contribution in [2.24, 2.45) is 4.99 Å². The summed E-state index contributed by atoms with van der Waals surface area (Å²) in [5.74, 6) is 0. The second kappa shape index (κ2) is 8.13. The van der Waals surface area contributed by atoms with E-state index in [9.17, 15) is 0 Å². The molecule has 0 saturated carbocycles. The highest BCUT2D eigenvalue weighted by Gasteiger charge is 2.26. The van der Waals surface area contributed by atoms with Gasteiger partial charge in [-0.1, -0.05) is 0 Å². The molecule has 1 heterocycles. The maximum Gasteiger partial charge on any atom is 0.182 e. The minimum Gasteiger partial charge on any atom is -0.422 e. The lowest BCUT2D eigenvalue weighted by Crippen LogP contribution is -2.42. The zero-order chi connectivity index (χ0) is 11.6. The van der Waals surface area contributed by atoms with Crippen LogP contribution in [0.1, 0.15) is 19.8 Å². The Morgan fingerprint density at radius 1 is 1.47 bits per heavy atom. The number of likely N-dealkylation sites (tertiary alicyclic amines) is 1. The predicted octanol–water partition coefficient (Wildman–Crippen LogP) is 1.43. The first-order valence-electron chi connectivity index (χ1n) is 5.07. The SMILES string of the molecule is CCOC[N+]1(C)CCCC1.N#CN=C=[N-]. The van der Waals surface area contributed by atoms with Gasteiger partial charge in [-0.05, 0) is 6.92 Å². The molecule has 0 N–H and O–H groups in total. The van der Waals surface area contributed by atoms with Crippen molar-refractivity contribution in [3.8, 4) is 6.19 Å². The summed E-state index contributed by atoms with van der Waals surface area (Å²) in [7, 11) is 2.28. The third-order valence-corrected chi connectivity index (χ3v) is 2.35. The van der Waals surface area contributed by atoms with Crippen LogP contribution in [-0.4, -0.2) is 44.0 Å². The average Bonchev–Trinajstić information content (AvgIpc) is 2.65. The second-order valence-corrected chi connectivity index (χ2v) is 3.71. The Hall–Kier alpha value is -1.21. The first-order chi connectivity index (χ1) is 7.18. The van der Waals surface area contributed by atoms with Gasteiger partial charge in [-0.15, -0.1) is 6.01 Å². The number of nitriles is 1. The van der Waals surface area contributed by atoms with E-state index in [1.165, 1.54) is 38.1 Å². The number of nitrogens with zero attached hydrogens (tertiary/aromatic N) is 4. The van der Waals surface area contributed by atoms with Gasteiger partial charge in [0.25, 0.3) is 0 Å². The number of rotatable bonds is 3. The molecule has 1 aliphatic rings. The third kappa shape index (κ3) is 6.81. The molecular weight excluding hydrogens is 192 g/mol. The Kier molecular flexibility index (Phi) is 7.47. The molecule has 0 bridgehead atoms. The van der Waals surface area contributed by atoms with Crippen LogP contribution in [0.5, 0.6) is 0 Å². The van der Waals surface area contributed by atoms with E-state index in [-0.39, 0.29) is 0 Å². The molecule has 0 aromatic carbocycles. The van der Waals surface area contributed by atoms with Gasteiger partial charge < -0.3 is 19.6 Å². The Morgan fingerprint density at radius 2 is 2.07 bits per heavy atom. The average molecular weight is 210 g/mol. The molecule has 0 spiro atoms. The number of aliphatic imine (C=N–C) groups is 1. The minimum atomic E-state index is 0.855. The molecule has 84 valence electrons. The van der Waals surface area contributed by atoms with Crippen LogP contribution in [0, 0.1) is 11.5 Å². The first-order valence-corrected chi connectivity index (χ1v) is 5.07. The van der Waals surface area contributed by atoms with E-state index in [1.54, 1.807) is 0 Å². The van der Waals surface area contributed by atoms with E-state index in [0.29, 0.717) is 0 Å². The smallest absolute Gasteiger partial charge is 0.182 e. The molecule has 1 saturated heterocycles. The van der Waals surface area contributed by atoms with E-state index in [0.717, 1.165) is 17.8 Å². The van der Waals surface area contributed by atoms with Gasteiger partial charge in [-0.25, -0.2) is 0 Å². The van der Waals surface area contributed by atoms with Crippen LogP contribution in [-0.2, 0) is 4.74 Å². The molecule has 0 atom stereocenters. The number of hydrogen-bond acceptors (Lipinski definition) is 3. The van der Waals surface area contributed by atoms with Crippen LogP contribution in [0.3, 0.4) is 0 Å². The summed E-state index contributed by atoms with van der Waals surface area (Å²) in [6.45, 7) is 6.44. The monoisotopic (exact) mass is 210 g/mol. The number of hydrogen-bond donors (Lipinski definition) is 0. The van der Waals surface area contributed by atoms with Crippen LogP contribution in [0.4, 0.5) is 0 Å². The van der Waals surface area contributed by atoms with E-state index < -0.39 is 0 Å². The topological polar surface area (TPSA) is 67.7 Å². The predicted molar refractivity (Wildman–Crippen MR) is 58.1 cm³/mol. The molecule has 0 unspecified atom stereocenters. The summed E-state index contributed by atoms with van der Waals surface area (Å²) in [4.78, 5) is 2.58. The number of ether oxygens (including phenoxy) is 1. The normalized spacial score (nSPS) is 16.9. The van der Waals surface area contributed by atoms with Gasteiger partial charge in [0, 0.05) is 19.4 Å². The summed E-state index contributed by atoms with van der Waals surface area (Å²) < 4.78 is 6.53. The molecule has 1 fully saturated rings. The fourth-order valence-electron chi connectivity index (χ4n) is 1.56. The summed E-state index contributed by atoms with van der Waals surface area (Å²) in [6, 6.07) is 1.28. The van der Waals surface area contributed by atoms with Gasteiger partial charge in [-0.3, -0.25) is 0 Å². The van der Waals surface area contributed by atoms with Gasteiger partial charge in [0.15, 0.2) is 6.73 Å². The number of quaternary nitrogens is 1. The molecule has 0 aliphatic carbocycles. The molecule has 5 nitrogen and oxygen atoms in total. The summed E-state index contributed by atoms with van der Waals surface area (Å²) >= 11 is 0. The third-order valence-electron chi connectivity index (χ3n) is 2.35. The van der Waals surface area contributed by atoms with Crippen LogP contribution >= 0.6 is 0 Å². The molecule has 1 aliphatic heterocycles. The molecular formula is C10H18N4O. The maximum absolute atomic E-state index is 7.43. The van der Waals surface area contributed by atoms with Crippen molar-refractivity contribution >= 4 is 6.01 Å². The molecule has 0 radical (unpaired) electrons. The Labute approximate surface area is 91.1 Å². The standard InChI is InChI=1S/C8H18NO.C2N3/c1-3-10-8-9(2)6-4-5-7-9;3-1-5-2-4/h3-8H2,1-2H3;/q+1;-1. The lowest BCUT2D eigenvalue weighted by molar-refractivity contribution is -0.916. The van der Waals surface area contributed by atoms with Crippen molar-refractivity contribution in [2.75, 3.05) is 33.5 Å². The lowest BCUT2D eigenvalue weighted by atomic mass is 10.4. The molecule has 5 heteroatoms. The van der Waals surface area contributed by atoms with Gasteiger partial charge in [0.2, 0.25) is 0 Å². The van der Waals surface area contributed by atoms with Gasteiger partial charge in [-0.2, -0.15) is 5.26 Å². The quantitative estimate of drug-likeness (QED) is 0.402. The van der Waals surface area contributed by atoms with Gasteiger partial charge in [0.1, 0.15) is 0 Å². The fourth-order valence-corrected chi connectivity index (χ4v) is 1.56. The zero-order valence-electron chi connectivity index (χ0n) is 9.44. The minimum absolute atomic E-state index is 0.855. The van der Waals surface area contributed by atoms with Crippen LogP contribution in [0.2, 0.25) is 0 Å². The maximum atomic E-state index is 7.43. The first kappa shape index (κ1) is 13.8. The van der Waals surface area contributed by atoms with E-state index in [2.05, 4.69) is 19.0 Å². The van der Waals surface area contributed by atoms with Crippen molar-refractivity contribution in [1.82, 2.24) is 0 Å².